The number of esters is 1. The third kappa shape index (κ3) is 4.81. The number of hydrogen-bond acceptors (Lipinski definition) is 4. The Bertz CT molecular complexity index is 642. The molecule has 1 N–H and O–H groups in total. The molecule has 2 amide bonds. The number of amides is 2. The lowest BCUT2D eigenvalue weighted by Crippen LogP contribution is -2.38. The van der Waals surface area contributed by atoms with Crippen LogP contribution in [-0.4, -0.2) is 47.9 Å². The summed E-state index contributed by atoms with van der Waals surface area (Å²) in [5, 5.41) is 2.81. The Morgan fingerprint density at radius 2 is 2.00 bits per heavy atom. The van der Waals surface area contributed by atoms with Crippen molar-refractivity contribution in [2.24, 2.45) is 5.92 Å². The number of nitrogens with one attached hydrogen (secondary N) is 1. The van der Waals surface area contributed by atoms with E-state index in [0.717, 1.165) is 24.8 Å². The highest BCUT2D eigenvalue weighted by molar-refractivity contribution is 5.89. The van der Waals surface area contributed by atoms with Crippen LogP contribution in [0.5, 0.6) is 0 Å². The molecule has 1 aliphatic heterocycles. The summed E-state index contributed by atoms with van der Waals surface area (Å²) in [5.74, 6) is -1.25. The van der Waals surface area contributed by atoms with Crippen molar-refractivity contribution in [3.8, 4) is 0 Å². The first-order valence-electron chi connectivity index (χ1n) is 8.85. The highest BCUT2D eigenvalue weighted by Crippen LogP contribution is 2.21. The minimum absolute atomic E-state index is 0.0343. The summed E-state index contributed by atoms with van der Waals surface area (Å²) in [4.78, 5) is 37.9. The molecule has 6 heteroatoms. The Morgan fingerprint density at radius 1 is 1.28 bits per heavy atom. The highest BCUT2D eigenvalue weighted by atomic mass is 16.5. The molecule has 0 unspecified atom stereocenters. The van der Waals surface area contributed by atoms with Gasteiger partial charge in [0.1, 0.15) is 0 Å². The Labute approximate surface area is 147 Å². The lowest BCUT2D eigenvalue weighted by Gasteiger charge is -2.18. The molecule has 2 atom stereocenters. The predicted molar refractivity (Wildman–Crippen MR) is 91.6 cm³/mol. The zero-order valence-corrected chi connectivity index (χ0v) is 14.4. The van der Waals surface area contributed by atoms with Gasteiger partial charge in [-0.3, -0.25) is 14.4 Å². The summed E-state index contributed by atoms with van der Waals surface area (Å²) in [5.41, 5.74) is 1.16. The average Bonchev–Trinajstić information content (AvgIpc) is 3.34. The molecule has 134 valence electrons. The molecule has 1 aromatic carbocycles. The van der Waals surface area contributed by atoms with Crippen LogP contribution < -0.4 is 5.32 Å². The second kappa shape index (κ2) is 7.68. The Balaban J connectivity index is 1.45. The van der Waals surface area contributed by atoms with E-state index in [9.17, 15) is 14.4 Å². The Morgan fingerprint density at radius 3 is 2.68 bits per heavy atom. The number of nitrogens with zero attached hydrogens (tertiary/aromatic N) is 1. The third-order valence-electron chi connectivity index (χ3n) is 4.65. The average molecular weight is 344 g/mol. The minimum Gasteiger partial charge on any atom is -0.452 e. The van der Waals surface area contributed by atoms with Crippen molar-refractivity contribution in [1.29, 1.82) is 0 Å². The summed E-state index contributed by atoms with van der Waals surface area (Å²) < 4.78 is 5.25. The van der Waals surface area contributed by atoms with Crippen LogP contribution in [0.25, 0.3) is 0 Å². The highest BCUT2D eigenvalue weighted by Gasteiger charge is 2.36. The SMILES string of the molecule is C[C@H](OC(=O)[C@@H]1CC(=O)N(CCc2ccccc2)C1)C(=O)NC1CC1. The molecule has 6 nitrogen and oxygen atoms in total. The second-order valence-corrected chi connectivity index (χ2v) is 6.84. The number of ether oxygens (including phenoxy) is 1. The minimum atomic E-state index is -0.818. The summed E-state index contributed by atoms with van der Waals surface area (Å²) in [6, 6.07) is 10.2. The molecule has 1 heterocycles. The number of carbonyl (C=O) groups excluding carboxylic acids is 3. The zero-order chi connectivity index (χ0) is 17.8. The monoisotopic (exact) mass is 344 g/mol. The van der Waals surface area contributed by atoms with E-state index >= 15 is 0 Å². The van der Waals surface area contributed by atoms with Crippen molar-refractivity contribution >= 4 is 17.8 Å². The number of rotatable bonds is 7. The van der Waals surface area contributed by atoms with E-state index in [1.807, 2.05) is 30.3 Å². The standard InChI is InChI=1S/C19H24N2O4/c1-13(18(23)20-16-7-8-16)25-19(24)15-11-17(22)21(12-15)10-9-14-5-3-2-4-6-14/h2-6,13,15-16H,7-12H2,1H3,(H,20,23)/t13-,15+/m0/s1. The smallest absolute Gasteiger partial charge is 0.312 e. The molecule has 1 aromatic rings. The molecule has 2 aliphatic rings. The molecule has 0 aromatic heterocycles. The molecule has 25 heavy (non-hydrogen) atoms. The van der Waals surface area contributed by atoms with Gasteiger partial charge in [-0.25, -0.2) is 0 Å². The zero-order valence-electron chi connectivity index (χ0n) is 14.4. The molecule has 3 rings (SSSR count). The molecule has 0 bridgehead atoms. The van der Waals surface area contributed by atoms with Crippen molar-refractivity contribution in [2.45, 2.75) is 44.8 Å². The van der Waals surface area contributed by atoms with Crippen molar-refractivity contribution < 1.29 is 19.1 Å². The van der Waals surface area contributed by atoms with Gasteiger partial charge in [-0.05, 0) is 31.7 Å². The fourth-order valence-electron chi connectivity index (χ4n) is 2.93. The number of carbonyl (C=O) groups is 3. The Hall–Kier alpha value is -2.37. The van der Waals surface area contributed by atoms with Crippen LogP contribution in [0.1, 0.15) is 31.7 Å². The maximum Gasteiger partial charge on any atom is 0.312 e. The third-order valence-corrected chi connectivity index (χ3v) is 4.65. The summed E-state index contributed by atoms with van der Waals surface area (Å²) in [6.45, 7) is 2.52. The van der Waals surface area contributed by atoms with E-state index in [1.54, 1.807) is 11.8 Å². The lowest BCUT2D eigenvalue weighted by molar-refractivity contribution is -0.158. The van der Waals surface area contributed by atoms with Gasteiger partial charge in [-0.15, -0.1) is 0 Å². The molecular weight excluding hydrogens is 320 g/mol. The van der Waals surface area contributed by atoms with Crippen molar-refractivity contribution in [3.63, 3.8) is 0 Å². The van der Waals surface area contributed by atoms with Gasteiger partial charge in [0.15, 0.2) is 6.10 Å². The van der Waals surface area contributed by atoms with Crippen LogP contribution in [0.15, 0.2) is 30.3 Å². The fourth-order valence-corrected chi connectivity index (χ4v) is 2.93. The molecule has 1 aliphatic carbocycles. The molecule has 1 saturated carbocycles. The van der Waals surface area contributed by atoms with Gasteiger partial charge in [-0.2, -0.15) is 0 Å². The van der Waals surface area contributed by atoms with E-state index in [0.29, 0.717) is 13.1 Å². The maximum absolute atomic E-state index is 12.2. The fraction of sp³-hybridized carbons (Fsp3) is 0.526. The van der Waals surface area contributed by atoms with Crippen LogP contribution in [0.3, 0.4) is 0 Å². The summed E-state index contributed by atoms with van der Waals surface area (Å²) in [6.07, 6.45) is 2.07. The molecule has 2 fully saturated rings. The van der Waals surface area contributed by atoms with Crippen molar-refractivity contribution in [3.05, 3.63) is 35.9 Å². The largest absolute Gasteiger partial charge is 0.452 e. The van der Waals surface area contributed by atoms with Crippen molar-refractivity contribution in [1.82, 2.24) is 10.2 Å². The van der Waals surface area contributed by atoms with E-state index in [1.165, 1.54) is 0 Å². The number of hydrogen-bond donors (Lipinski definition) is 1. The first-order chi connectivity index (χ1) is 12.0. The summed E-state index contributed by atoms with van der Waals surface area (Å²) >= 11 is 0. The normalized spacial score (nSPS) is 21.1. The van der Waals surface area contributed by atoms with Gasteiger partial charge >= 0.3 is 5.97 Å². The summed E-state index contributed by atoms with van der Waals surface area (Å²) in [7, 11) is 0. The van der Waals surface area contributed by atoms with E-state index in [4.69, 9.17) is 4.74 Å². The van der Waals surface area contributed by atoms with E-state index < -0.39 is 18.0 Å². The van der Waals surface area contributed by atoms with Gasteiger partial charge in [0, 0.05) is 25.6 Å². The van der Waals surface area contributed by atoms with Gasteiger partial charge in [0.05, 0.1) is 5.92 Å². The van der Waals surface area contributed by atoms with E-state index in [2.05, 4.69) is 5.32 Å². The number of benzene rings is 1. The number of likely N-dealkylation sites (tertiary alicyclic amines) is 1. The van der Waals surface area contributed by atoms with Crippen LogP contribution in [-0.2, 0) is 25.5 Å². The van der Waals surface area contributed by atoms with Crippen LogP contribution in [0.4, 0.5) is 0 Å². The van der Waals surface area contributed by atoms with Crippen LogP contribution in [0.2, 0.25) is 0 Å². The quantitative estimate of drug-likeness (QED) is 0.756. The van der Waals surface area contributed by atoms with Crippen molar-refractivity contribution in [2.75, 3.05) is 13.1 Å². The van der Waals surface area contributed by atoms with Gasteiger partial charge in [0.2, 0.25) is 5.91 Å². The van der Waals surface area contributed by atoms with Gasteiger partial charge in [-0.1, -0.05) is 30.3 Å². The van der Waals surface area contributed by atoms with Gasteiger partial charge in [0.25, 0.3) is 5.91 Å². The van der Waals surface area contributed by atoms with Crippen LogP contribution in [0, 0.1) is 5.92 Å². The predicted octanol–water partition coefficient (Wildman–Crippen LogP) is 1.29. The maximum atomic E-state index is 12.2. The second-order valence-electron chi connectivity index (χ2n) is 6.84. The Kier molecular flexibility index (Phi) is 5.36. The molecule has 0 radical (unpaired) electrons. The lowest BCUT2D eigenvalue weighted by atomic mass is 10.1. The van der Waals surface area contributed by atoms with Crippen LogP contribution >= 0.6 is 0 Å². The van der Waals surface area contributed by atoms with Gasteiger partial charge < -0.3 is 15.0 Å². The molecule has 0 spiro atoms. The first-order valence-corrected chi connectivity index (χ1v) is 8.85. The molecular formula is C19H24N2O4. The topological polar surface area (TPSA) is 75.7 Å². The molecule has 1 saturated heterocycles. The van der Waals surface area contributed by atoms with E-state index in [-0.39, 0.29) is 24.3 Å². The first kappa shape index (κ1) is 17.5.